The Morgan fingerprint density at radius 2 is 1.37 bits per heavy atom. The van der Waals surface area contributed by atoms with Gasteiger partial charge in [0.2, 0.25) is 0 Å². The molecule has 6 rings (SSSR count). The van der Waals surface area contributed by atoms with Gasteiger partial charge >= 0.3 is 0 Å². The van der Waals surface area contributed by atoms with Gasteiger partial charge < -0.3 is 8.98 Å². The van der Waals surface area contributed by atoms with Crippen molar-refractivity contribution < 1.29 is 4.42 Å². The van der Waals surface area contributed by atoms with Crippen LogP contribution in [0.2, 0.25) is 0 Å². The van der Waals surface area contributed by atoms with Crippen LogP contribution in [0.3, 0.4) is 0 Å². The van der Waals surface area contributed by atoms with Gasteiger partial charge in [0.15, 0.2) is 0 Å². The summed E-state index contributed by atoms with van der Waals surface area (Å²) in [5.74, 6) is 0. The summed E-state index contributed by atoms with van der Waals surface area (Å²) < 4.78 is 8.61. The third-order valence-corrected chi connectivity index (χ3v) is 5.56. The van der Waals surface area contributed by atoms with Crippen molar-refractivity contribution in [2.75, 3.05) is 0 Å². The lowest BCUT2D eigenvalue weighted by Gasteiger charge is -2.08. The number of para-hydroxylation sites is 3. The topological polar surface area (TPSA) is 18.1 Å². The number of furan rings is 1. The Kier molecular flexibility index (Phi) is 2.84. The summed E-state index contributed by atoms with van der Waals surface area (Å²) >= 11 is 0. The highest BCUT2D eigenvalue weighted by Gasteiger charge is 2.18. The molecule has 128 valence electrons. The maximum Gasteiger partial charge on any atom is 0.139 e. The van der Waals surface area contributed by atoms with E-state index in [9.17, 15) is 0 Å². The normalized spacial score (nSPS) is 11.9. The first-order valence-corrected chi connectivity index (χ1v) is 9.22. The van der Waals surface area contributed by atoms with Crippen molar-refractivity contribution in [1.82, 2.24) is 4.57 Å². The zero-order valence-corrected chi connectivity index (χ0v) is 14.9. The molecule has 0 aliphatic heterocycles. The van der Waals surface area contributed by atoms with E-state index in [0.717, 1.165) is 11.2 Å². The second kappa shape index (κ2) is 5.24. The monoisotopic (exact) mass is 347 g/mol. The minimum absolute atomic E-state index is 0.943. The second-order valence-corrected chi connectivity index (χ2v) is 7.06. The number of fused-ring (bicyclic) bond motifs is 6. The predicted molar refractivity (Wildman–Crippen MR) is 113 cm³/mol. The van der Waals surface area contributed by atoms with Crippen molar-refractivity contribution in [3.8, 4) is 5.69 Å². The second-order valence-electron chi connectivity index (χ2n) is 7.06. The molecule has 2 aromatic heterocycles. The van der Waals surface area contributed by atoms with E-state index < -0.39 is 0 Å². The lowest BCUT2D eigenvalue weighted by Crippen LogP contribution is -1.93. The molecule has 0 saturated heterocycles. The Morgan fingerprint density at radius 3 is 2.22 bits per heavy atom. The largest absolute Gasteiger partial charge is 0.456 e. The summed E-state index contributed by atoms with van der Waals surface area (Å²) in [5, 5.41) is 4.87. The fourth-order valence-corrected chi connectivity index (χ4v) is 4.38. The van der Waals surface area contributed by atoms with Crippen LogP contribution < -0.4 is 0 Å². The molecule has 0 aliphatic carbocycles. The summed E-state index contributed by atoms with van der Waals surface area (Å²) in [6.07, 6.45) is 0. The standard InChI is InChI=1S/C25H17NO/c1-16-24-19-12-5-7-13-21(19)26(17-9-3-2-4-10-17)22(24)15-20-18-11-6-8-14-23(18)27-25(16)20/h2-15H,1H3. The molecule has 0 fully saturated rings. The van der Waals surface area contributed by atoms with Gasteiger partial charge in [0.1, 0.15) is 11.2 Å². The van der Waals surface area contributed by atoms with E-state index in [2.05, 4.69) is 84.3 Å². The molecule has 0 spiro atoms. The quantitative estimate of drug-likeness (QED) is 0.313. The minimum atomic E-state index is 0.943. The number of nitrogens with zero attached hydrogens (tertiary/aromatic N) is 1. The molecule has 2 heterocycles. The van der Waals surface area contributed by atoms with Crippen LogP contribution in [0.25, 0.3) is 49.4 Å². The molecule has 0 unspecified atom stereocenters. The van der Waals surface area contributed by atoms with Crippen molar-refractivity contribution in [3.63, 3.8) is 0 Å². The number of aromatic nitrogens is 1. The first-order chi connectivity index (χ1) is 13.3. The lowest BCUT2D eigenvalue weighted by molar-refractivity contribution is 0.666. The number of hydrogen-bond acceptors (Lipinski definition) is 1. The van der Waals surface area contributed by atoms with Gasteiger partial charge in [-0.05, 0) is 37.3 Å². The third-order valence-electron chi connectivity index (χ3n) is 5.56. The van der Waals surface area contributed by atoms with E-state index in [1.165, 1.54) is 43.8 Å². The smallest absolute Gasteiger partial charge is 0.139 e. The Balaban J connectivity index is 1.90. The molecule has 0 aliphatic rings. The van der Waals surface area contributed by atoms with Crippen molar-refractivity contribution in [2.24, 2.45) is 0 Å². The first-order valence-electron chi connectivity index (χ1n) is 9.22. The van der Waals surface area contributed by atoms with Crippen LogP contribution in [0.4, 0.5) is 0 Å². The molecule has 2 heteroatoms. The van der Waals surface area contributed by atoms with Gasteiger partial charge in [-0.1, -0.05) is 54.6 Å². The summed E-state index contributed by atoms with van der Waals surface area (Å²) in [5.41, 5.74) is 6.75. The molecular weight excluding hydrogens is 330 g/mol. The molecule has 0 N–H and O–H groups in total. The van der Waals surface area contributed by atoms with Gasteiger partial charge in [-0.2, -0.15) is 0 Å². The average molecular weight is 347 g/mol. The zero-order valence-electron chi connectivity index (χ0n) is 14.9. The minimum Gasteiger partial charge on any atom is -0.456 e. The Bertz CT molecular complexity index is 1470. The predicted octanol–water partition coefficient (Wildman–Crippen LogP) is 6.99. The molecule has 0 saturated carbocycles. The molecule has 0 bridgehead atoms. The van der Waals surface area contributed by atoms with Gasteiger partial charge in [-0.3, -0.25) is 0 Å². The summed E-state index contributed by atoms with van der Waals surface area (Å²) in [6.45, 7) is 2.18. The van der Waals surface area contributed by atoms with E-state index >= 15 is 0 Å². The molecule has 0 radical (unpaired) electrons. The van der Waals surface area contributed by atoms with Crippen molar-refractivity contribution >= 4 is 43.7 Å². The van der Waals surface area contributed by atoms with Crippen LogP contribution in [0.5, 0.6) is 0 Å². The molecule has 0 atom stereocenters. The number of benzene rings is 4. The fraction of sp³-hybridized carbons (Fsp3) is 0.0400. The van der Waals surface area contributed by atoms with E-state index in [1.807, 2.05) is 12.1 Å². The summed E-state index contributed by atoms with van der Waals surface area (Å²) in [6, 6.07) is 29.8. The Labute approximate surface area is 156 Å². The van der Waals surface area contributed by atoms with Gasteiger partial charge in [0.25, 0.3) is 0 Å². The molecule has 4 aromatic carbocycles. The van der Waals surface area contributed by atoms with Crippen LogP contribution in [-0.2, 0) is 0 Å². The molecule has 6 aromatic rings. The number of hydrogen-bond donors (Lipinski definition) is 0. The molecule has 27 heavy (non-hydrogen) atoms. The van der Waals surface area contributed by atoms with Crippen LogP contribution in [0.1, 0.15) is 5.56 Å². The zero-order chi connectivity index (χ0) is 18.0. The van der Waals surface area contributed by atoms with Crippen molar-refractivity contribution in [3.05, 3.63) is 90.5 Å². The maximum absolute atomic E-state index is 6.25. The number of aryl methyl sites for hydroxylation is 1. The van der Waals surface area contributed by atoms with Gasteiger partial charge in [0, 0.05) is 32.8 Å². The number of rotatable bonds is 1. The average Bonchev–Trinajstić information content (AvgIpc) is 3.25. The highest BCUT2D eigenvalue weighted by molar-refractivity contribution is 6.19. The van der Waals surface area contributed by atoms with Crippen molar-refractivity contribution in [1.29, 1.82) is 0 Å². The molecule has 2 nitrogen and oxygen atoms in total. The van der Waals surface area contributed by atoms with Gasteiger partial charge in [-0.15, -0.1) is 0 Å². The van der Waals surface area contributed by atoms with E-state index in [0.29, 0.717) is 0 Å². The van der Waals surface area contributed by atoms with Crippen LogP contribution in [0, 0.1) is 6.92 Å². The molecular formula is C25H17NO. The fourth-order valence-electron chi connectivity index (χ4n) is 4.38. The highest BCUT2D eigenvalue weighted by atomic mass is 16.3. The van der Waals surface area contributed by atoms with Gasteiger partial charge in [0.05, 0.1) is 11.0 Å². The van der Waals surface area contributed by atoms with Crippen LogP contribution >= 0.6 is 0 Å². The van der Waals surface area contributed by atoms with E-state index in [-0.39, 0.29) is 0 Å². The Hall–Kier alpha value is -3.52. The summed E-state index contributed by atoms with van der Waals surface area (Å²) in [7, 11) is 0. The highest BCUT2D eigenvalue weighted by Crippen LogP contribution is 2.40. The molecule has 0 amide bonds. The van der Waals surface area contributed by atoms with Crippen LogP contribution in [-0.4, -0.2) is 4.57 Å². The van der Waals surface area contributed by atoms with Crippen molar-refractivity contribution in [2.45, 2.75) is 6.92 Å². The lowest BCUT2D eigenvalue weighted by atomic mass is 10.0. The Morgan fingerprint density at radius 1 is 0.667 bits per heavy atom. The maximum atomic E-state index is 6.25. The van der Waals surface area contributed by atoms with Crippen LogP contribution in [0.15, 0.2) is 89.3 Å². The van der Waals surface area contributed by atoms with E-state index in [4.69, 9.17) is 4.42 Å². The van der Waals surface area contributed by atoms with Gasteiger partial charge in [-0.25, -0.2) is 0 Å². The third kappa shape index (κ3) is 1.90. The van der Waals surface area contributed by atoms with E-state index in [1.54, 1.807) is 0 Å². The SMILES string of the molecule is Cc1c2oc3ccccc3c2cc2c1c1ccccc1n2-c1ccccc1. The summed E-state index contributed by atoms with van der Waals surface area (Å²) in [4.78, 5) is 0. The first kappa shape index (κ1) is 14.6.